The van der Waals surface area contributed by atoms with E-state index in [1.807, 2.05) is 53.4 Å². The van der Waals surface area contributed by atoms with Crippen molar-refractivity contribution >= 4 is 29.5 Å². The molecule has 1 saturated heterocycles. The Morgan fingerprint density at radius 1 is 1.02 bits per heavy atom. The molecule has 2 atom stereocenters. The zero-order chi connectivity index (χ0) is 30.8. The van der Waals surface area contributed by atoms with Crippen LogP contribution < -0.4 is 10.1 Å². The van der Waals surface area contributed by atoms with E-state index in [1.54, 1.807) is 4.90 Å². The smallest absolute Gasteiger partial charge is 0.252 e. The van der Waals surface area contributed by atoms with Crippen LogP contribution in [0.15, 0.2) is 66.2 Å². The molecular weight excluding hydrogens is 591 g/mol. The molecule has 2 heterocycles. The summed E-state index contributed by atoms with van der Waals surface area (Å²) in [5.41, 5.74) is 4.50. The number of benzene rings is 3. The summed E-state index contributed by atoms with van der Waals surface area (Å²) in [5.74, 6) is -4.17. The van der Waals surface area contributed by atoms with Crippen molar-refractivity contribution in [3.63, 3.8) is 0 Å². The molecule has 0 spiro atoms. The molecule has 44 heavy (non-hydrogen) atoms. The highest BCUT2D eigenvalue weighted by Crippen LogP contribution is 2.37. The zero-order valence-corrected chi connectivity index (χ0v) is 24.8. The fourth-order valence-corrected chi connectivity index (χ4v) is 6.36. The maximum atomic E-state index is 14.4. The lowest BCUT2D eigenvalue weighted by atomic mass is 9.82. The maximum Gasteiger partial charge on any atom is 0.252 e. The van der Waals surface area contributed by atoms with Gasteiger partial charge >= 0.3 is 0 Å². The highest BCUT2D eigenvalue weighted by molar-refractivity contribution is 6.31. The fraction of sp³-hybridized carbons (Fsp3) is 0.353. The molecule has 3 aromatic carbocycles. The first-order chi connectivity index (χ1) is 21.3. The van der Waals surface area contributed by atoms with Crippen molar-refractivity contribution in [2.75, 3.05) is 19.7 Å². The molecule has 2 bridgehead atoms. The first-order valence-electron chi connectivity index (χ1n) is 14.9. The second-order valence-electron chi connectivity index (χ2n) is 11.6. The number of carbonyl (C=O) groups is 2. The average molecular weight is 624 g/mol. The molecule has 1 aliphatic carbocycles. The lowest BCUT2D eigenvalue weighted by molar-refractivity contribution is -0.129. The number of halogens is 4. The number of carbonyl (C=O) groups excluding carboxylic acids is 2. The minimum Gasteiger partial charge on any atom is -0.488 e. The van der Waals surface area contributed by atoms with Gasteiger partial charge in [0.25, 0.3) is 5.91 Å². The predicted molar refractivity (Wildman–Crippen MR) is 161 cm³/mol. The topological polar surface area (TPSA) is 61.9 Å². The van der Waals surface area contributed by atoms with Crippen LogP contribution in [-0.2, 0) is 22.6 Å². The van der Waals surface area contributed by atoms with Gasteiger partial charge in [0.2, 0.25) is 12.2 Å². The predicted octanol–water partition coefficient (Wildman–Crippen LogP) is 5.92. The van der Waals surface area contributed by atoms with E-state index in [1.165, 1.54) is 0 Å². The lowest BCUT2D eigenvalue weighted by Gasteiger charge is -2.44. The Labute approximate surface area is 259 Å². The Kier molecular flexibility index (Phi) is 8.96. The number of hydrogen-bond acceptors (Lipinski definition) is 4. The molecule has 6 nitrogen and oxygen atoms in total. The van der Waals surface area contributed by atoms with Crippen molar-refractivity contribution in [1.29, 1.82) is 0 Å². The Balaban J connectivity index is 1.22. The monoisotopic (exact) mass is 623 g/mol. The van der Waals surface area contributed by atoms with Crippen LogP contribution in [0, 0.1) is 17.5 Å². The number of nitrogens with one attached hydrogen (secondary N) is 1. The van der Waals surface area contributed by atoms with E-state index < -0.39 is 23.2 Å². The summed E-state index contributed by atoms with van der Waals surface area (Å²) in [6.45, 7) is 1.42. The summed E-state index contributed by atoms with van der Waals surface area (Å²) in [5, 5.41) is 4.21. The Bertz CT molecular complexity index is 1580. The van der Waals surface area contributed by atoms with Crippen molar-refractivity contribution in [3.05, 3.63) is 105 Å². The minimum absolute atomic E-state index is 0.0214. The number of aryl methyl sites for hydroxylation is 1. The summed E-state index contributed by atoms with van der Waals surface area (Å²) in [4.78, 5) is 29.8. The molecular formula is C34H33ClF3N3O3. The van der Waals surface area contributed by atoms with Crippen LogP contribution in [0.25, 0.3) is 5.57 Å². The molecule has 0 aromatic heterocycles. The van der Waals surface area contributed by atoms with E-state index in [-0.39, 0.29) is 30.6 Å². The molecule has 2 aliphatic heterocycles. The van der Waals surface area contributed by atoms with Crippen LogP contribution in [0.5, 0.6) is 5.75 Å². The minimum atomic E-state index is -1.33. The third-order valence-corrected chi connectivity index (χ3v) is 8.89. The van der Waals surface area contributed by atoms with Gasteiger partial charge in [-0.3, -0.25) is 9.59 Å². The standard InChI is InChI=1S/C34H33ClF3N3O3/c35-27-6-2-1-5-23(27)17-41(25-11-12-25)34(43)31-26(16-24-18-40(20-42)19-30(31)39-24)22-9-7-21(8-10-22)4-3-15-44-33-29(37)14-13-28(36)32(33)38/h1-2,5-10,13-14,20,24-25,30,39H,3-4,11-12,15-19H2. The van der Waals surface area contributed by atoms with Crippen LogP contribution in [0.1, 0.15) is 42.4 Å². The third-order valence-electron chi connectivity index (χ3n) is 8.52. The van der Waals surface area contributed by atoms with Crippen LogP contribution >= 0.6 is 11.6 Å². The van der Waals surface area contributed by atoms with Crippen LogP contribution in [0.4, 0.5) is 13.2 Å². The summed E-state index contributed by atoms with van der Waals surface area (Å²) >= 11 is 6.48. The summed E-state index contributed by atoms with van der Waals surface area (Å²) in [6.07, 6.45) is 4.39. The molecule has 2 amide bonds. The highest BCUT2D eigenvalue weighted by atomic mass is 35.5. The molecule has 2 fully saturated rings. The Morgan fingerprint density at radius 2 is 1.77 bits per heavy atom. The molecule has 2 unspecified atom stereocenters. The van der Waals surface area contributed by atoms with E-state index in [0.717, 1.165) is 53.6 Å². The SMILES string of the molecule is O=CN1CC2CC(c3ccc(CCCOc4c(F)ccc(F)c4F)cc3)=C(C(=O)N(Cc3ccccc3Cl)C3CC3)C(C1)N2. The molecule has 6 rings (SSSR count). The number of hydrogen-bond donors (Lipinski definition) is 1. The molecule has 10 heteroatoms. The highest BCUT2D eigenvalue weighted by Gasteiger charge is 2.42. The molecule has 3 aromatic rings. The molecule has 3 aliphatic rings. The van der Waals surface area contributed by atoms with Gasteiger partial charge < -0.3 is 19.9 Å². The first kappa shape index (κ1) is 30.2. The van der Waals surface area contributed by atoms with Gasteiger partial charge in [0.1, 0.15) is 0 Å². The molecule has 0 radical (unpaired) electrons. The van der Waals surface area contributed by atoms with Gasteiger partial charge in [-0.15, -0.1) is 0 Å². The van der Waals surface area contributed by atoms with Crippen LogP contribution in [-0.4, -0.2) is 59.9 Å². The largest absolute Gasteiger partial charge is 0.488 e. The average Bonchev–Trinajstić information content (AvgIpc) is 3.87. The second kappa shape index (κ2) is 13.0. The van der Waals surface area contributed by atoms with Gasteiger partial charge in [-0.05, 0) is 72.6 Å². The van der Waals surface area contributed by atoms with Crippen LogP contribution in [0.2, 0.25) is 5.02 Å². The molecule has 230 valence electrons. The molecule has 1 N–H and O–H groups in total. The van der Waals surface area contributed by atoms with Gasteiger partial charge in [-0.2, -0.15) is 4.39 Å². The number of fused-ring (bicyclic) bond motifs is 2. The van der Waals surface area contributed by atoms with E-state index in [0.29, 0.717) is 49.5 Å². The van der Waals surface area contributed by atoms with Crippen molar-refractivity contribution in [2.45, 2.75) is 56.8 Å². The number of rotatable bonds is 11. The van der Waals surface area contributed by atoms with E-state index in [4.69, 9.17) is 16.3 Å². The van der Waals surface area contributed by atoms with Gasteiger partial charge in [-0.25, -0.2) is 8.78 Å². The van der Waals surface area contributed by atoms with Crippen molar-refractivity contribution < 1.29 is 27.5 Å². The van der Waals surface area contributed by atoms with Crippen molar-refractivity contribution in [2.24, 2.45) is 0 Å². The quantitative estimate of drug-likeness (QED) is 0.164. The van der Waals surface area contributed by atoms with Gasteiger partial charge in [0.15, 0.2) is 17.4 Å². The van der Waals surface area contributed by atoms with Gasteiger partial charge in [0.05, 0.1) is 12.6 Å². The molecule has 1 saturated carbocycles. The van der Waals surface area contributed by atoms with Crippen molar-refractivity contribution in [1.82, 2.24) is 15.1 Å². The first-order valence-corrected chi connectivity index (χ1v) is 15.3. The maximum absolute atomic E-state index is 14.4. The number of ether oxygens (including phenoxy) is 1. The lowest BCUT2D eigenvalue weighted by Crippen LogP contribution is -2.60. The van der Waals surface area contributed by atoms with Crippen LogP contribution in [0.3, 0.4) is 0 Å². The fourth-order valence-electron chi connectivity index (χ4n) is 6.17. The van der Waals surface area contributed by atoms with Gasteiger partial charge in [0, 0.05) is 42.3 Å². The summed E-state index contributed by atoms with van der Waals surface area (Å²) < 4.78 is 46.4. The second-order valence-corrected chi connectivity index (χ2v) is 12.1. The van der Waals surface area contributed by atoms with Crippen molar-refractivity contribution in [3.8, 4) is 5.75 Å². The number of nitrogens with zero attached hydrogens (tertiary/aromatic N) is 2. The van der Waals surface area contributed by atoms with Gasteiger partial charge in [-0.1, -0.05) is 54.1 Å². The zero-order valence-electron chi connectivity index (χ0n) is 24.1. The summed E-state index contributed by atoms with van der Waals surface area (Å²) in [6, 6.07) is 17.0. The van der Waals surface area contributed by atoms with E-state index >= 15 is 0 Å². The Morgan fingerprint density at radius 3 is 2.50 bits per heavy atom. The normalized spacial score (nSPS) is 19.6. The number of amides is 2. The number of piperazine rings is 1. The Hall–Kier alpha value is -3.82. The third kappa shape index (κ3) is 6.49. The summed E-state index contributed by atoms with van der Waals surface area (Å²) in [7, 11) is 0. The van der Waals surface area contributed by atoms with E-state index in [9.17, 15) is 22.8 Å². The van der Waals surface area contributed by atoms with E-state index in [2.05, 4.69) is 5.32 Å².